The van der Waals surface area contributed by atoms with Gasteiger partial charge in [-0.25, -0.2) is 13.2 Å². The van der Waals surface area contributed by atoms with E-state index in [1.807, 2.05) is 0 Å². The van der Waals surface area contributed by atoms with Crippen LogP contribution in [-0.4, -0.2) is 20.1 Å². The number of sulfonamides is 1. The topological polar surface area (TPSA) is 90.5 Å². The summed E-state index contributed by atoms with van der Waals surface area (Å²) in [6.07, 6.45) is 0. The first kappa shape index (κ1) is 17.4. The molecule has 3 aromatic rings. The van der Waals surface area contributed by atoms with Crippen molar-refractivity contribution in [3.05, 3.63) is 52.0 Å². The van der Waals surface area contributed by atoms with E-state index in [0.717, 1.165) is 0 Å². The summed E-state index contributed by atoms with van der Waals surface area (Å²) >= 11 is 6.01. The van der Waals surface area contributed by atoms with Gasteiger partial charge in [-0.2, -0.15) is 0 Å². The second-order valence-electron chi connectivity index (χ2n) is 5.20. The van der Waals surface area contributed by atoms with Gasteiger partial charge in [0.25, 0.3) is 10.0 Å². The van der Waals surface area contributed by atoms with E-state index in [1.54, 1.807) is 19.1 Å². The minimum absolute atomic E-state index is 0.0241. The Kier molecular flexibility index (Phi) is 4.49. The number of methoxy groups -OCH3 is 1. The second kappa shape index (κ2) is 6.45. The number of ether oxygens (including phenoxy) is 1. The average molecular weight is 383 g/mol. The molecule has 0 bridgehead atoms. The summed E-state index contributed by atoms with van der Waals surface area (Å²) in [6.45, 7) is 2.23. The zero-order chi connectivity index (χ0) is 18.2. The monoisotopic (exact) mass is 382 g/mol. The molecule has 2 aromatic carbocycles. The lowest BCUT2D eigenvalue weighted by Crippen LogP contribution is -2.13. The molecular weight excluding hydrogens is 368 g/mol. The minimum atomic E-state index is -3.87. The lowest BCUT2D eigenvalue weighted by molar-refractivity contribution is 0.415. The Morgan fingerprint density at radius 3 is 2.64 bits per heavy atom. The van der Waals surface area contributed by atoms with E-state index in [9.17, 15) is 13.2 Å². The average Bonchev–Trinajstić information content (AvgIpc) is 2.88. The molecule has 9 heteroatoms. The molecule has 0 aliphatic rings. The third kappa shape index (κ3) is 3.22. The van der Waals surface area contributed by atoms with Gasteiger partial charge in [0, 0.05) is 12.6 Å². The number of anilines is 1. The van der Waals surface area contributed by atoms with Crippen molar-refractivity contribution in [1.82, 2.24) is 4.57 Å². The Bertz CT molecular complexity index is 1100. The summed E-state index contributed by atoms with van der Waals surface area (Å²) in [4.78, 5) is 11.7. The smallest absolute Gasteiger partial charge is 0.419 e. The lowest BCUT2D eigenvalue weighted by atomic mass is 10.3. The maximum atomic E-state index is 12.6. The van der Waals surface area contributed by atoms with Crippen LogP contribution in [0.25, 0.3) is 11.1 Å². The number of rotatable bonds is 5. The highest BCUT2D eigenvalue weighted by Crippen LogP contribution is 2.28. The number of benzene rings is 2. The zero-order valence-electron chi connectivity index (χ0n) is 13.4. The van der Waals surface area contributed by atoms with E-state index in [2.05, 4.69) is 4.72 Å². The van der Waals surface area contributed by atoms with Crippen LogP contribution in [-0.2, 0) is 16.6 Å². The van der Waals surface area contributed by atoms with Crippen molar-refractivity contribution < 1.29 is 17.6 Å². The molecule has 132 valence electrons. The number of aromatic nitrogens is 1. The standard InChI is InChI=1S/C16H15ClN2O5S/c1-3-19-13-6-5-11(9-15(13)24-16(19)20)25(21,22)18-10-4-7-14(23-2)12(17)8-10/h4-9,18H,3H2,1-2H3. The number of fused-ring (bicyclic) bond motifs is 1. The van der Waals surface area contributed by atoms with Crippen molar-refractivity contribution in [3.63, 3.8) is 0 Å². The van der Waals surface area contributed by atoms with Gasteiger partial charge in [0.15, 0.2) is 5.58 Å². The Labute approximate surface area is 148 Å². The highest BCUT2D eigenvalue weighted by molar-refractivity contribution is 7.92. The van der Waals surface area contributed by atoms with Crippen LogP contribution in [0, 0.1) is 0 Å². The Hall–Kier alpha value is -2.45. The molecule has 0 unspecified atom stereocenters. The van der Waals surface area contributed by atoms with Gasteiger partial charge in [0.2, 0.25) is 0 Å². The molecular formula is C16H15ClN2O5S. The van der Waals surface area contributed by atoms with E-state index < -0.39 is 15.8 Å². The summed E-state index contributed by atoms with van der Waals surface area (Å²) in [7, 11) is -2.40. The van der Waals surface area contributed by atoms with Gasteiger partial charge in [-0.1, -0.05) is 11.6 Å². The molecule has 0 radical (unpaired) electrons. The third-order valence-corrected chi connectivity index (χ3v) is 5.34. The molecule has 0 fully saturated rings. The summed E-state index contributed by atoms with van der Waals surface area (Å²) in [6, 6.07) is 8.81. The van der Waals surface area contributed by atoms with Crippen LogP contribution in [0.4, 0.5) is 5.69 Å². The van der Waals surface area contributed by atoms with Gasteiger partial charge >= 0.3 is 5.76 Å². The van der Waals surface area contributed by atoms with Crippen molar-refractivity contribution in [2.24, 2.45) is 0 Å². The maximum absolute atomic E-state index is 12.6. The van der Waals surface area contributed by atoms with E-state index >= 15 is 0 Å². The number of halogens is 1. The molecule has 7 nitrogen and oxygen atoms in total. The predicted molar refractivity (Wildman–Crippen MR) is 95.0 cm³/mol. The van der Waals surface area contributed by atoms with Crippen molar-refractivity contribution >= 4 is 38.4 Å². The fourth-order valence-corrected chi connectivity index (χ4v) is 3.78. The van der Waals surface area contributed by atoms with Gasteiger partial charge in [-0.3, -0.25) is 9.29 Å². The number of aryl methyl sites for hydroxylation is 1. The molecule has 1 N–H and O–H groups in total. The second-order valence-corrected chi connectivity index (χ2v) is 7.29. The highest BCUT2D eigenvalue weighted by Gasteiger charge is 2.18. The van der Waals surface area contributed by atoms with Crippen LogP contribution >= 0.6 is 11.6 Å². The van der Waals surface area contributed by atoms with Gasteiger partial charge < -0.3 is 9.15 Å². The molecule has 0 spiro atoms. The normalized spacial score (nSPS) is 11.6. The summed E-state index contributed by atoms with van der Waals surface area (Å²) in [5.41, 5.74) is 1.04. The highest BCUT2D eigenvalue weighted by atomic mass is 35.5. The van der Waals surface area contributed by atoms with E-state index in [4.69, 9.17) is 20.8 Å². The number of nitrogens with one attached hydrogen (secondary N) is 1. The fourth-order valence-electron chi connectivity index (χ4n) is 2.46. The number of hydrogen-bond acceptors (Lipinski definition) is 5. The molecule has 0 aliphatic heterocycles. The molecule has 0 saturated carbocycles. The summed E-state index contributed by atoms with van der Waals surface area (Å²) < 4.78 is 39.1. The molecule has 25 heavy (non-hydrogen) atoms. The number of nitrogens with zero attached hydrogens (tertiary/aromatic N) is 1. The van der Waals surface area contributed by atoms with Crippen LogP contribution in [0.2, 0.25) is 5.02 Å². The first-order chi connectivity index (χ1) is 11.9. The fraction of sp³-hybridized carbons (Fsp3) is 0.188. The lowest BCUT2D eigenvalue weighted by Gasteiger charge is -2.10. The van der Waals surface area contributed by atoms with Crippen molar-refractivity contribution in [2.45, 2.75) is 18.4 Å². The SMILES string of the molecule is CCn1c(=O)oc2cc(S(=O)(=O)Nc3ccc(OC)c(Cl)c3)ccc21. The van der Waals surface area contributed by atoms with Crippen molar-refractivity contribution in [3.8, 4) is 5.75 Å². The molecule has 1 aromatic heterocycles. The Morgan fingerprint density at radius 1 is 1.24 bits per heavy atom. The van der Waals surface area contributed by atoms with Crippen LogP contribution < -0.4 is 15.2 Å². The first-order valence-electron chi connectivity index (χ1n) is 7.35. The van der Waals surface area contributed by atoms with E-state index in [0.29, 0.717) is 23.5 Å². The number of hydrogen-bond donors (Lipinski definition) is 1. The van der Waals surface area contributed by atoms with Gasteiger partial charge in [0.1, 0.15) is 5.75 Å². The third-order valence-electron chi connectivity index (χ3n) is 3.67. The Morgan fingerprint density at radius 2 is 2.00 bits per heavy atom. The molecule has 3 rings (SSSR count). The first-order valence-corrected chi connectivity index (χ1v) is 9.21. The van der Waals surface area contributed by atoms with Gasteiger partial charge in [-0.05, 0) is 37.3 Å². The zero-order valence-corrected chi connectivity index (χ0v) is 15.0. The predicted octanol–water partition coefficient (Wildman–Crippen LogP) is 3.08. The van der Waals surface area contributed by atoms with Gasteiger partial charge in [0.05, 0.1) is 28.2 Å². The van der Waals surface area contributed by atoms with Crippen LogP contribution in [0.1, 0.15) is 6.92 Å². The van der Waals surface area contributed by atoms with Crippen LogP contribution in [0.5, 0.6) is 5.75 Å². The minimum Gasteiger partial charge on any atom is -0.495 e. The summed E-state index contributed by atoms with van der Waals surface area (Å²) in [5, 5.41) is 0.282. The molecule has 0 saturated heterocycles. The molecule has 0 aliphatic carbocycles. The summed E-state index contributed by atoms with van der Waals surface area (Å²) in [5.74, 6) is -0.0874. The largest absolute Gasteiger partial charge is 0.495 e. The molecule has 1 heterocycles. The Balaban J connectivity index is 1.98. The molecule has 0 atom stereocenters. The van der Waals surface area contributed by atoms with Crippen LogP contribution in [0.15, 0.2) is 50.5 Å². The van der Waals surface area contributed by atoms with Crippen molar-refractivity contribution in [1.29, 1.82) is 0 Å². The number of oxazole rings is 1. The van der Waals surface area contributed by atoms with Gasteiger partial charge in [-0.15, -0.1) is 0 Å². The van der Waals surface area contributed by atoms with E-state index in [-0.39, 0.29) is 15.5 Å². The van der Waals surface area contributed by atoms with Crippen molar-refractivity contribution in [2.75, 3.05) is 11.8 Å². The molecule has 0 amide bonds. The quantitative estimate of drug-likeness (QED) is 0.732. The van der Waals surface area contributed by atoms with E-state index in [1.165, 1.54) is 35.9 Å². The van der Waals surface area contributed by atoms with Crippen LogP contribution in [0.3, 0.4) is 0 Å². The maximum Gasteiger partial charge on any atom is 0.419 e.